The summed E-state index contributed by atoms with van der Waals surface area (Å²) in [5.41, 5.74) is 2.34. The van der Waals surface area contributed by atoms with Crippen LogP contribution in [0.1, 0.15) is 43.4 Å². The van der Waals surface area contributed by atoms with E-state index in [-0.39, 0.29) is 6.04 Å². The van der Waals surface area contributed by atoms with Crippen molar-refractivity contribution in [2.24, 2.45) is 0 Å². The van der Waals surface area contributed by atoms with Gasteiger partial charge in [0, 0.05) is 17.5 Å². The molecule has 1 unspecified atom stereocenters. The van der Waals surface area contributed by atoms with Crippen LogP contribution in [0.2, 0.25) is 5.02 Å². The molecule has 17 heavy (non-hydrogen) atoms. The Kier molecular flexibility index (Phi) is 6.11. The predicted molar refractivity (Wildman–Crippen MR) is 75.3 cm³/mol. The number of hydrogen-bond acceptors (Lipinski definition) is 1. The number of rotatable bonds is 6. The van der Waals surface area contributed by atoms with E-state index in [9.17, 15) is 0 Å². The zero-order valence-electron chi connectivity index (χ0n) is 10.6. The molecule has 0 fully saturated rings. The lowest BCUT2D eigenvalue weighted by Gasteiger charge is -2.19. The van der Waals surface area contributed by atoms with Gasteiger partial charge in [-0.1, -0.05) is 30.7 Å². The van der Waals surface area contributed by atoms with Gasteiger partial charge < -0.3 is 5.32 Å². The topological polar surface area (TPSA) is 12.0 Å². The maximum atomic E-state index is 6.29. The summed E-state index contributed by atoms with van der Waals surface area (Å²) in [4.78, 5) is 0. The van der Waals surface area contributed by atoms with E-state index in [4.69, 9.17) is 18.0 Å². The Morgan fingerprint density at radius 3 is 2.82 bits per heavy atom. The second kappa shape index (κ2) is 7.37. The minimum atomic E-state index is 0.263. The summed E-state index contributed by atoms with van der Waals surface area (Å²) in [6.07, 6.45) is 8.14. The molecule has 0 amide bonds. The standard InChI is InChI=1S/C15H20ClN/c1-4-6-7-15(17-10-5-2)13-9-8-12(3)11-14(13)16/h1,8-9,11,15,17H,5-7,10H2,2-3H3. The molecule has 0 spiro atoms. The molecular formula is C15H20ClN. The first kappa shape index (κ1) is 14.1. The average Bonchev–Trinajstić information content (AvgIpc) is 2.30. The van der Waals surface area contributed by atoms with Gasteiger partial charge in [-0.15, -0.1) is 12.3 Å². The van der Waals surface area contributed by atoms with Gasteiger partial charge >= 0.3 is 0 Å². The molecule has 1 aromatic rings. The third-order valence-corrected chi connectivity index (χ3v) is 3.08. The molecule has 1 aromatic carbocycles. The van der Waals surface area contributed by atoms with Crippen molar-refractivity contribution in [2.75, 3.05) is 6.54 Å². The van der Waals surface area contributed by atoms with Crippen LogP contribution in [-0.2, 0) is 0 Å². The lowest BCUT2D eigenvalue weighted by atomic mass is 10.0. The molecule has 0 aliphatic heterocycles. The molecule has 0 aliphatic carbocycles. The van der Waals surface area contributed by atoms with E-state index >= 15 is 0 Å². The highest BCUT2D eigenvalue weighted by molar-refractivity contribution is 6.31. The minimum absolute atomic E-state index is 0.263. The maximum Gasteiger partial charge on any atom is 0.0456 e. The first-order chi connectivity index (χ1) is 8.19. The maximum absolute atomic E-state index is 6.29. The van der Waals surface area contributed by atoms with Gasteiger partial charge in [0.25, 0.3) is 0 Å². The third kappa shape index (κ3) is 4.42. The van der Waals surface area contributed by atoms with Gasteiger partial charge in [-0.05, 0) is 43.5 Å². The van der Waals surface area contributed by atoms with Gasteiger partial charge in [-0.2, -0.15) is 0 Å². The molecule has 0 heterocycles. The van der Waals surface area contributed by atoms with E-state index < -0.39 is 0 Å². The number of hydrogen-bond donors (Lipinski definition) is 1. The van der Waals surface area contributed by atoms with Crippen LogP contribution >= 0.6 is 11.6 Å². The number of nitrogens with one attached hydrogen (secondary N) is 1. The highest BCUT2D eigenvalue weighted by Crippen LogP contribution is 2.27. The molecular weight excluding hydrogens is 230 g/mol. The fourth-order valence-corrected chi connectivity index (χ4v) is 2.20. The Morgan fingerprint density at radius 2 is 2.24 bits per heavy atom. The van der Waals surface area contributed by atoms with Crippen molar-refractivity contribution in [1.82, 2.24) is 5.32 Å². The molecule has 0 aromatic heterocycles. The molecule has 0 radical (unpaired) electrons. The Hall–Kier alpha value is -0.970. The SMILES string of the molecule is C#CCCC(NCCC)c1ccc(C)cc1Cl. The number of halogens is 1. The first-order valence-electron chi connectivity index (χ1n) is 6.12. The quantitative estimate of drug-likeness (QED) is 0.749. The molecule has 1 rings (SSSR count). The van der Waals surface area contributed by atoms with Gasteiger partial charge in [-0.25, -0.2) is 0 Å². The Balaban J connectivity index is 2.83. The molecule has 0 aliphatic rings. The molecule has 1 N–H and O–H groups in total. The van der Waals surface area contributed by atoms with Crippen molar-refractivity contribution in [3.8, 4) is 12.3 Å². The molecule has 0 saturated heterocycles. The lowest BCUT2D eigenvalue weighted by molar-refractivity contribution is 0.505. The largest absolute Gasteiger partial charge is 0.310 e. The molecule has 1 nitrogen and oxygen atoms in total. The van der Waals surface area contributed by atoms with Gasteiger partial charge in [-0.3, -0.25) is 0 Å². The minimum Gasteiger partial charge on any atom is -0.310 e. The lowest BCUT2D eigenvalue weighted by Crippen LogP contribution is -2.22. The monoisotopic (exact) mass is 249 g/mol. The van der Waals surface area contributed by atoms with Crippen LogP contribution in [0, 0.1) is 19.3 Å². The normalized spacial score (nSPS) is 12.1. The van der Waals surface area contributed by atoms with Crippen molar-refractivity contribution in [3.63, 3.8) is 0 Å². The highest BCUT2D eigenvalue weighted by Gasteiger charge is 2.13. The Bertz CT molecular complexity index is 392. The fourth-order valence-electron chi connectivity index (χ4n) is 1.83. The summed E-state index contributed by atoms with van der Waals surface area (Å²) in [5.74, 6) is 2.69. The number of aryl methyl sites for hydroxylation is 1. The van der Waals surface area contributed by atoms with Crippen molar-refractivity contribution >= 4 is 11.6 Å². The fraction of sp³-hybridized carbons (Fsp3) is 0.467. The van der Waals surface area contributed by atoms with E-state index in [0.717, 1.165) is 36.4 Å². The van der Waals surface area contributed by atoms with Crippen LogP contribution < -0.4 is 5.32 Å². The highest BCUT2D eigenvalue weighted by atomic mass is 35.5. The van der Waals surface area contributed by atoms with E-state index in [0.29, 0.717) is 0 Å². The van der Waals surface area contributed by atoms with Crippen LogP contribution in [0.3, 0.4) is 0 Å². The second-order valence-electron chi connectivity index (χ2n) is 4.27. The van der Waals surface area contributed by atoms with Crippen LogP contribution in [-0.4, -0.2) is 6.54 Å². The van der Waals surface area contributed by atoms with Crippen molar-refractivity contribution in [2.45, 2.75) is 39.2 Å². The van der Waals surface area contributed by atoms with Gasteiger partial charge in [0.1, 0.15) is 0 Å². The second-order valence-corrected chi connectivity index (χ2v) is 4.68. The zero-order valence-corrected chi connectivity index (χ0v) is 11.3. The van der Waals surface area contributed by atoms with Crippen molar-refractivity contribution in [3.05, 3.63) is 34.3 Å². The molecule has 2 heteroatoms. The van der Waals surface area contributed by atoms with E-state index in [2.05, 4.69) is 30.3 Å². The molecule has 92 valence electrons. The van der Waals surface area contributed by atoms with Crippen LogP contribution in [0.25, 0.3) is 0 Å². The van der Waals surface area contributed by atoms with Crippen molar-refractivity contribution in [1.29, 1.82) is 0 Å². The summed E-state index contributed by atoms with van der Waals surface area (Å²) >= 11 is 6.29. The van der Waals surface area contributed by atoms with Crippen LogP contribution in [0.4, 0.5) is 0 Å². The van der Waals surface area contributed by atoms with E-state index in [1.807, 2.05) is 13.0 Å². The Morgan fingerprint density at radius 1 is 1.47 bits per heavy atom. The zero-order chi connectivity index (χ0) is 12.7. The summed E-state index contributed by atoms with van der Waals surface area (Å²) in [6.45, 7) is 5.19. The van der Waals surface area contributed by atoms with E-state index in [1.54, 1.807) is 0 Å². The first-order valence-corrected chi connectivity index (χ1v) is 6.49. The number of terminal acetylenes is 1. The van der Waals surface area contributed by atoms with Gasteiger partial charge in [0.05, 0.1) is 0 Å². The van der Waals surface area contributed by atoms with Crippen LogP contribution in [0.5, 0.6) is 0 Å². The number of benzene rings is 1. The summed E-state index contributed by atoms with van der Waals surface area (Å²) in [5, 5.41) is 4.33. The van der Waals surface area contributed by atoms with Crippen molar-refractivity contribution < 1.29 is 0 Å². The molecule has 0 saturated carbocycles. The summed E-state index contributed by atoms with van der Waals surface area (Å²) in [7, 11) is 0. The smallest absolute Gasteiger partial charge is 0.0456 e. The van der Waals surface area contributed by atoms with Crippen LogP contribution in [0.15, 0.2) is 18.2 Å². The van der Waals surface area contributed by atoms with Gasteiger partial charge in [0.15, 0.2) is 0 Å². The Labute approximate surface area is 110 Å². The molecule has 0 bridgehead atoms. The predicted octanol–water partition coefficient (Wildman–Crippen LogP) is 4.10. The van der Waals surface area contributed by atoms with E-state index in [1.165, 1.54) is 5.56 Å². The summed E-state index contributed by atoms with van der Waals surface area (Å²) < 4.78 is 0. The van der Waals surface area contributed by atoms with Gasteiger partial charge in [0.2, 0.25) is 0 Å². The molecule has 1 atom stereocenters. The average molecular weight is 250 g/mol. The third-order valence-electron chi connectivity index (χ3n) is 2.75. The summed E-state index contributed by atoms with van der Waals surface area (Å²) in [6, 6.07) is 6.46.